The number of nitrogens with one attached hydrogen (secondary N) is 2. The first-order chi connectivity index (χ1) is 13.1. The van der Waals surface area contributed by atoms with E-state index in [1.54, 1.807) is 11.3 Å². The first-order valence-corrected chi connectivity index (χ1v) is 10.4. The Morgan fingerprint density at radius 3 is 2.50 bits per heavy atom. The molecule has 28 heavy (non-hydrogen) atoms. The lowest BCUT2D eigenvalue weighted by atomic mass is 10.2. The molecule has 0 amide bonds. The number of benzene rings is 1. The summed E-state index contributed by atoms with van der Waals surface area (Å²) in [7, 11) is 4.15. The number of aryl methyl sites for hydroxylation is 1. The molecule has 1 heterocycles. The Morgan fingerprint density at radius 1 is 1.14 bits per heavy atom. The Labute approximate surface area is 190 Å². The van der Waals surface area contributed by atoms with Gasteiger partial charge >= 0.3 is 0 Å². The van der Waals surface area contributed by atoms with Crippen LogP contribution < -0.4 is 15.4 Å². The second-order valence-electron chi connectivity index (χ2n) is 6.72. The maximum atomic E-state index is 5.78. The second kappa shape index (κ2) is 13.8. The molecule has 0 aliphatic rings. The van der Waals surface area contributed by atoms with Crippen LogP contribution in [0.25, 0.3) is 0 Å². The molecule has 0 atom stereocenters. The molecule has 0 aliphatic heterocycles. The van der Waals surface area contributed by atoms with Gasteiger partial charge in [0, 0.05) is 18.0 Å². The lowest BCUT2D eigenvalue weighted by Gasteiger charge is -2.12. The zero-order valence-electron chi connectivity index (χ0n) is 17.3. The number of guanidine groups is 1. The van der Waals surface area contributed by atoms with Crippen LogP contribution in [-0.4, -0.2) is 44.7 Å². The minimum absolute atomic E-state index is 0. The van der Waals surface area contributed by atoms with Gasteiger partial charge in [0.05, 0.1) is 19.7 Å². The Hall–Kier alpha value is -1.32. The molecule has 0 radical (unpaired) electrons. The van der Waals surface area contributed by atoms with E-state index in [9.17, 15) is 0 Å². The highest BCUT2D eigenvalue weighted by atomic mass is 127. The minimum Gasteiger partial charge on any atom is -0.494 e. The van der Waals surface area contributed by atoms with Crippen LogP contribution in [0, 0.1) is 6.92 Å². The molecule has 0 saturated heterocycles. The van der Waals surface area contributed by atoms with Gasteiger partial charge < -0.3 is 20.3 Å². The van der Waals surface area contributed by atoms with E-state index in [0.29, 0.717) is 6.54 Å². The van der Waals surface area contributed by atoms with Crippen molar-refractivity contribution in [2.45, 2.75) is 33.4 Å². The lowest BCUT2D eigenvalue weighted by molar-refractivity contribution is 0.281. The fourth-order valence-corrected chi connectivity index (χ4v) is 3.37. The van der Waals surface area contributed by atoms with E-state index in [1.165, 1.54) is 16.0 Å². The van der Waals surface area contributed by atoms with Crippen molar-refractivity contribution in [3.63, 3.8) is 0 Å². The van der Waals surface area contributed by atoms with E-state index < -0.39 is 0 Å². The molecule has 156 valence electrons. The SMILES string of the molecule is CCNC(=NCc1ccc(OCCCN(C)C)cc1)NCc1sccc1C.I. The third-order valence-corrected chi connectivity index (χ3v) is 5.11. The minimum atomic E-state index is 0. The number of thiophene rings is 1. The molecular weight excluding hydrogens is 483 g/mol. The van der Waals surface area contributed by atoms with Crippen LogP contribution in [0.15, 0.2) is 40.7 Å². The number of nitrogens with zero attached hydrogens (tertiary/aromatic N) is 2. The van der Waals surface area contributed by atoms with Crippen LogP contribution in [-0.2, 0) is 13.1 Å². The van der Waals surface area contributed by atoms with Crippen LogP contribution in [0.5, 0.6) is 5.75 Å². The van der Waals surface area contributed by atoms with E-state index in [1.807, 2.05) is 12.1 Å². The predicted octanol–water partition coefficient (Wildman–Crippen LogP) is 4.26. The van der Waals surface area contributed by atoms with Gasteiger partial charge in [0.15, 0.2) is 5.96 Å². The van der Waals surface area contributed by atoms with E-state index >= 15 is 0 Å². The molecule has 0 saturated carbocycles. The predicted molar refractivity (Wildman–Crippen MR) is 131 cm³/mol. The van der Waals surface area contributed by atoms with Gasteiger partial charge in [-0.25, -0.2) is 4.99 Å². The molecule has 7 heteroatoms. The zero-order chi connectivity index (χ0) is 19.5. The number of halogens is 1. The number of ether oxygens (including phenoxy) is 1. The van der Waals surface area contributed by atoms with Gasteiger partial charge in [-0.1, -0.05) is 12.1 Å². The fourth-order valence-electron chi connectivity index (χ4n) is 2.52. The third-order valence-electron chi connectivity index (χ3n) is 4.09. The molecular formula is C21H33IN4OS. The Bertz CT molecular complexity index is 701. The first-order valence-electron chi connectivity index (χ1n) is 9.50. The van der Waals surface area contributed by atoms with E-state index in [2.05, 4.69) is 67.1 Å². The van der Waals surface area contributed by atoms with E-state index in [0.717, 1.165) is 44.4 Å². The molecule has 0 aliphatic carbocycles. The molecule has 2 N–H and O–H groups in total. The van der Waals surface area contributed by atoms with Crippen LogP contribution in [0.1, 0.15) is 29.3 Å². The van der Waals surface area contributed by atoms with Gasteiger partial charge in [0.1, 0.15) is 5.75 Å². The van der Waals surface area contributed by atoms with Crippen molar-refractivity contribution in [1.29, 1.82) is 0 Å². The molecule has 0 spiro atoms. The Kier molecular flexibility index (Phi) is 12.2. The van der Waals surface area contributed by atoms with Crippen LogP contribution in [0.3, 0.4) is 0 Å². The highest BCUT2D eigenvalue weighted by Gasteiger charge is 2.02. The highest BCUT2D eigenvalue weighted by molar-refractivity contribution is 14.0. The molecule has 0 unspecified atom stereocenters. The average molecular weight is 516 g/mol. The van der Waals surface area contributed by atoms with E-state index in [4.69, 9.17) is 9.73 Å². The van der Waals surface area contributed by atoms with Gasteiger partial charge in [-0.2, -0.15) is 0 Å². The van der Waals surface area contributed by atoms with Gasteiger partial charge in [-0.15, -0.1) is 35.3 Å². The lowest BCUT2D eigenvalue weighted by Crippen LogP contribution is -2.36. The van der Waals surface area contributed by atoms with Crippen molar-refractivity contribution >= 4 is 41.3 Å². The standard InChI is InChI=1S/C21H32N4OS.HI/c1-5-22-21(24-16-20-17(2)11-14-27-20)23-15-18-7-9-19(10-8-18)26-13-6-12-25(3)4;/h7-11,14H,5-6,12-13,15-16H2,1-4H3,(H2,22,23,24);1H. The molecule has 2 aromatic rings. The average Bonchev–Trinajstić information content (AvgIpc) is 3.07. The summed E-state index contributed by atoms with van der Waals surface area (Å²) in [6, 6.07) is 10.4. The molecule has 5 nitrogen and oxygen atoms in total. The third kappa shape index (κ3) is 9.25. The number of rotatable bonds is 10. The summed E-state index contributed by atoms with van der Waals surface area (Å²) in [6.07, 6.45) is 1.03. The van der Waals surface area contributed by atoms with Crippen molar-refractivity contribution in [3.8, 4) is 5.75 Å². The van der Waals surface area contributed by atoms with Crippen molar-refractivity contribution in [2.24, 2.45) is 4.99 Å². The number of aliphatic imine (C=N–C) groups is 1. The highest BCUT2D eigenvalue weighted by Crippen LogP contribution is 2.15. The molecule has 0 fully saturated rings. The maximum Gasteiger partial charge on any atom is 0.191 e. The van der Waals surface area contributed by atoms with Crippen LogP contribution >= 0.6 is 35.3 Å². The Balaban J connectivity index is 0.00000392. The van der Waals surface area contributed by atoms with Gasteiger partial charge in [-0.05, 0) is 69.1 Å². The van der Waals surface area contributed by atoms with Gasteiger partial charge in [0.2, 0.25) is 0 Å². The first kappa shape index (κ1) is 24.7. The van der Waals surface area contributed by atoms with Crippen LogP contribution in [0.4, 0.5) is 0 Å². The molecule has 1 aromatic heterocycles. The zero-order valence-corrected chi connectivity index (χ0v) is 20.5. The smallest absolute Gasteiger partial charge is 0.191 e. The maximum absolute atomic E-state index is 5.78. The summed E-state index contributed by atoms with van der Waals surface area (Å²) in [5, 5.41) is 8.84. The largest absolute Gasteiger partial charge is 0.494 e. The monoisotopic (exact) mass is 516 g/mol. The molecule has 2 rings (SSSR count). The summed E-state index contributed by atoms with van der Waals surface area (Å²) in [5.74, 6) is 1.76. The summed E-state index contributed by atoms with van der Waals surface area (Å²) >= 11 is 1.77. The van der Waals surface area contributed by atoms with E-state index in [-0.39, 0.29) is 24.0 Å². The van der Waals surface area contributed by atoms with Gasteiger partial charge in [-0.3, -0.25) is 0 Å². The quantitative estimate of drug-likeness (QED) is 0.215. The normalized spacial score (nSPS) is 11.2. The van der Waals surface area contributed by atoms with Crippen molar-refractivity contribution < 1.29 is 4.74 Å². The van der Waals surface area contributed by atoms with Crippen LogP contribution in [0.2, 0.25) is 0 Å². The summed E-state index contributed by atoms with van der Waals surface area (Å²) < 4.78 is 5.78. The topological polar surface area (TPSA) is 48.9 Å². The number of hydrogen-bond acceptors (Lipinski definition) is 4. The van der Waals surface area contributed by atoms with Gasteiger partial charge in [0.25, 0.3) is 0 Å². The molecule has 1 aromatic carbocycles. The van der Waals surface area contributed by atoms with Crippen molar-refractivity contribution in [2.75, 3.05) is 33.8 Å². The van der Waals surface area contributed by atoms with Crippen molar-refractivity contribution in [1.82, 2.24) is 15.5 Å². The Morgan fingerprint density at radius 2 is 1.89 bits per heavy atom. The molecule has 0 bridgehead atoms. The summed E-state index contributed by atoms with van der Waals surface area (Å²) in [4.78, 5) is 8.20. The van der Waals surface area contributed by atoms with Crippen molar-refractivity contribution in [3.05, 3.63) is 51.7 Å². The second-order valence-corrected chi connectivity index (χ2v) is 7.73. The fraction of sp³-hybridized carbons (Fsp3) is 0.476. The summed E-state index contributed by atoms with van der Waals surface area (Å²) in [5.41, 5.74) is 2.49. The number of hydrogen-bond donors (Lipinski definition) is 2. The summed E-state index contributed by atoms with van der Waals surface area (Å²) in [6.45, 7) is 8.28.